The summed E-state index contributed by atoms with van der Waals surface area (Å²) in [6, 6.07) is 5.97. The van der Waals surface area contributed by atoms with Gasteiger partial charge in [-0.15, -0.1) is 11.3 Å². The number of hydrogen-bond donors (Lipinski definition) is 1. The first-order valence-corrected chi connectivity index (χ1v) is 7.23. The number of likely N-dealkylation sites (tertiary alicyclic amines) is 1. The number of amides is 1. The molecule has 0 aromatic carbocycles. The van der Waals surface area contributed by atoms with Crippen molar-refractivity contribution in [2.24, 2.45) is 0 Å². The van der Waals surface area contributed by atoms with Crippen LogP contribution in [-0.4, -0.2) is 39.9 Å². The van der Waals surface area contributed by atoms with Gasteiger partial charge in [0.25, 0.3) is 0 Å². The van der Waals surface area contributed by atoms with Gasteiger partial charge < -0.3 is 10.2 Å². The molecule has 20 heavy (non-hydrogen) atoms. The fourth-order valence-electron chi connectivity index (χ4n) is 1.95. The van der Waals surface area contributed by atoms with Gasteiger partial charge in [0.15, 0.2) is 0 Å². The van der Waals surface area contributed by atoms with Crippen molar-refractivity contribution in [2.75, 3.05) is 18.4 Å². The lowest BCUT2D eigenvalue weighted by molar-refractivity contribution is -0.129. The van der Waals surface area contributed by atoms with Gasteiger partial charge in [0.2, 0.25) is 11.9 Å². The third kappa shape index (κ3) is 3.03. The molecule has 1 N–H and O–H groups in total. The first kappa shape index (κ1) is 12.8. The van der Waals surface area contributed by atoms with Crippen LogP contribution < -0.4 is 5.32 Å². The highest BCUT2D eigenvalue weighted by atomic mass is 32.1. The minimum atomic E-state index is 0.0467. The van der Waals surface area contributed by atoms with Gasteiger partial charge in [0.05, 0.1) is 6.04 Å². The Morgan fingerprint density at radius 1 is 1.35 bits per heavy atom. The fourth-order valence-corrected chi connectivity index (χ4v) is 2.57. The molecule has 0 unspecified atom stereocenters. The molecule has 0 atom stereocenters. The lowest BCUT2D eigenvalue weighted by atomic mass is 10.1. The largest absolute Gasteiger partial charge is 0.348 e. The monoisotopic (exact) mass is 286 g/mol. The summed E-state index contributed by atoms with van der Waals surface area (Å²) in [6.07, 6.45) is 6.87. The number of nitrogens with one attached hydrogen (secondary N) is 1. The molecular weight excluding hydrogens is 272 g/mol. The quantitative estimate of drug-likeness (QED) is 0.872. The maximum Gasteiger partial charge on any atom is 0.246 e. The molecule has 2 aromatic heterocycles. The number of thiophene rings is 1. The highest BCUT2D eigenvalue weighted by Gasteiger charge is 2.29. The first-order chi connectivity index (χ1) is 9.81. The molecule has 1 fully saturated rings. The van der Waals surface area contributed by atoms with Crippen molar-refractivity contribution in [3.05, 3.63) is 46.9 Å². The molecule has 0 aliphatic carbocycles. The Kier molecular flexibility index (Phi) is 3.73. The van der Waals surface area contributed by atoms with Crippen LogP contribution in [0.5, 0.6) is 0 Å². The van der Waals surface area contributed by atoms with Gasteiger partial charge in [-0.1, -0.05) is 6.07 Å². The van der Waals surface area contributed by atoms with Gasteiger partial charge in [0, 0.05) is 36.4 Å². The van der Waals surface area contributed by atoms with E-state index in [2.05, 4.69) is 15.3 Å². The maximum atomic E-state index is 11.9. The highest BCUT2D eigenvalue weighted by molar-refractivity contribution is 7.10. The second-order valence-electron chi connectivity index (χ2n) is 4.51. The van der Waals surface area contributed by atoms with Gasteiger partial charge in [-0.05, 0) is 23.6 Å². The average molecular weight is 286 g/mol. The highest BCUT2D eigenvalue weighted by Crippen LogP contribution is 2.14. The lowest BCUT2D eigenvalue weighted by Gasteiger charge is -2.38. The SMILES string of the molecule is O=C(/C=C/c1cccs1)N1CC(Nc2ncccn2)C1. The summed E-state index contributed by atoms with van der Waals surface area (Å²) >= 11 is 1.62. The van der Waals surface area contributed by atoms with Gasteiger partial charge in [-0.25, -0.2) is 9.97 Å². The summed E-state index contributed by atoms with van der Waals surface area (Å²) in [5.74, 6) is 0.657. The Labute approximate surface area is 121 Å². The van der Waals surface area contributed by atoms with Crippen LogP contribution in [-0.2, 0) is 4.79 Å². The third-order valence-electron chi connectivity index (χ3n) is 3.03. The average Bonchev–Trinajstić information content (AvgIpc) is 2.94. The Morgan fingerprint density at radius 2 is 2.15 bits per heavy atom. The predicted octanol–water partition coefficient (Wildman–Crippen LogP) is 1.87. The second-order valence-corrected chi connectivity index (χ2v) is 5.48. The van der Waals surface area contributed by atoms with Crippen molar-refractivity contribution in [1.29, 1.82) is 0 Å². The van der Waals surface area contributed by atoms with E-state index in [0.29, 0.717) is 19.0 Å². The van der Waals surface area contributed by atoms with Crippen LogP contribution >= 0.6 is 11.3 Å². The fraction of sp³-hybridized carbons (Fsp3) is 0.214. The zero-order valence-corrected chi connectivity index (χ0v) is 11.6. The topological polar surface area (TPSA) is 58.1 Å². The van der Waals surface area contributed by atoms with Crippen molar-refractivity contribution < 1.29 is 4.79 Å². The van der Waals surface area contributed by atoms with Crippen LogP contribution in [0, 0.1) is 0 Å². The van der Waals surface area contributed by atoms with E-state index >= 15 is 0 Å². The lowest BCUT2D eigenvalue weighted by Crippen LogP contribution is -2.56. The summed E-state index contributed by atoms with van der Waals surface area (Å²) in [7, 11) is 0. The van der Waals surface area contributed by atoms with Gasteiger partial charge in [-0.2, -0.15) is 0 Å². The molecule has 0 bridgehead atoms. The molecule has 3 heterocycles. The maximum absolute atomic E-state index is 11.9. The minimum Gasteiger partial charge on any atom is -0.348 e. The first-order valence-electron chi connectivity index (χ1n) is 6.35. The van der Waals surface area contributed by atoms with E-state index < -0.39 is 0 Å². The van der Waals surface area contributed by atoms with E-state index in [1.165, 1.54) is 0 Å². The molecule has 1 amide bonds. The molecule has 0 saturated carbocycles. The molecule has 5 nitrogen and oxygen atoms in total. The normalized spacial score (nSPS) is 15.3. The van der Waals surface area contributed by atoms with E-state index in [9.17, 15) is 4.79 Å². The summed E-state index contributed by atoms with van der Waals surface area (Å²) < 4.78 is 0. The van der Waals surface area contributed by atoms with E-state index in [-0.39, 0.29) is 11.9 Å². The molecule has 0 spiro atoms. The van der Waals surface area contributed by atoms with Crippen molar-refractivity contribution in [3.8, 4) is 0 Å². The Morgan fingerprint density at radius 3 is 2.85 bits per heavy atom. The molecule has 1 aliphatic heterocycles. The van der Waals surface area contributed by atoms with Crippen molar-refractivity contribution >= 4 is 29.3 Å². The number of hydrogen-bond acceptors (Lipinski definition) is 5. The number of aromatic nitrogens is 2. The number of nitrogens with zero attached hydrogens (tertiary/aromatic N) is 3. The van der Waals surface area contributed by atoms with E-state index in [0.717, 1.165) is 4.88 Å². The van der Waals surface area contributed by atoms with E-state index in [4.69, 9.17) is 0 Å². The van der Waals surface area contributed by atoms with Crippen molar-refractivity contribution in [1.82, 2.24) is 14.9 Å². The Bertz CT molecular complexity index is 591. The molecule has 0 radical (unpaired) electrons. The third-order valence-corrected chi connectivity index (χ3v) is 3.86. The molecule has 102 valence electrons. The number of carbonyl (C=O) groups is 1. The molecule has 1 saturated heterocycles. The van der Waals surface area contributed by atoms with Crippen LogP contribution in [0.15, 0.2) is 42.0 Å². The Balaban J connectivity index is 1.47. The molecule has 6 heteroatoms. The van der Waals surface area contributed by atoms with Crippen LogP contribution in [0.1, 0.15) is 4.88 Å². The number of rotatable bonds is 4. The van der Waals surface area contributed by atoms with Gasteiger partial charge >= 0.3 is 0 Å². The number of anilines is 1. The smallest absolute Gasteiger partial charge is 0.246 e. The summed E-state index contributed by atoms with van der Waals surface area (Å²) in [5, 5.41) is 5.19. The van der Waals surface area contributed by atoms with Crippen LogP contribution in [0.4, 0.5) is 5.95 Å². The van der Waals surface area contributed by atoms with E-state index in [1.807, 2.05) is 23.6 Å². The summed E-state index contributed by atoms with van der Waals surface area (Å²) in [6.45, 7) is 1.37. The van der Waals surface area contributed by atoms with Gasteiger partial charge in [0.1, 0.15) is 0 Å². The molecule has 1 aliphatic rings. The van der Waals surface area contributed by atoms with Crippen molar-refractivity contribution in [2.45, 2.75) is 6.04 Å². The predicted molar refractivity (Wildman–Crippen MR) is 79.4 cm³/mol. The second kappa shape index (κ2) is 5.83. The molecular formula is C14H14N4OS. The van der Waals surface area contributed by atoms with Gasteiger partial charge in [-0.3, -0.25) is 4.79 Å². The minimum absolute atomic E-state index is 0.0467. The summed E-state index contributed by atoms with van der Waals surface area (Å²) in [5.41, 5.74) is 0. The molecule has 2 aromatic rings. The summed E-state index contributed by atoms with van der Waals surface area (Å²) in [4.78, 5) is 23.0. The zero-order valence-electron chi connectivity index (χ0n) is 10.8. The standard InChI is InChI=1S/C14H14N4OS/c19-13(5-4-12-3-1-8-20-12)18-9-11(10-18)17-14-15-6-2-7-16-14/h1-8,11H,9-10H2,(H,15,16,17)/b5-4+. The van der Waals surface area contributed by atoms with Crippen LogP contribution in [0.2, 0.25) is 0 Å². The van der Waals surface area contributed by atoms with Crippen LogP contribution in [0.25, 0.3) is 6.08 Å². The Hall–Kier alpha value is -2.21. The molecule has 3 rings (SSSR count). The van der Waals surface area contributed by atoms with E-state index in [1.54, 1.807) is 40.8 Å². The van der Waals surface area contributed by atoms with Crippen molar-refractivity contribution in [3.63, 3.8) is 0 Å². The van der Waals surface area contributed by atoms with Crippen LogP contribution in [0.3, 0.4) is 0 Å². The number of carbonyl (C=O) groups excluding carboxylic acids is 1. The zero-order chi connectivity index (χ0) is 13.8.